The number of ether oxygens (including phenoxy) is 2. The number of thiazole rings is 1. The van der Waals surface area contributed by atoms with Crippen LogP contribution >= 0.6 is 11.3 Å². The SMILES string of the molecule is C[C@H](N)C(=O)OC(=O)C(NC(=O)OCc1ccccc1)C(c1cscn1)c1cccc2ccccc12. The maximum atomic E-state index is 13.3. The standard InChI is InChI=1S/C27H25N3O5S/c1-17(28)25(31)35-26(32)24(30-27(33)34-14-18-8-3-2-4-9-18)23(22-15-36-16-29-22)21-13-7-11-19-10-5-6-12-20(19)21/h2-13,15-17,23-24H,14,28H2,1H3,(H,30,33)/t17-,23?,24?/m0/s1. The fourth-order valence-corrected chi connectivity index (χ4v) is 4.42. The number of alkyl carbamates (subject to hydrolysis) is 1. The van der Waals surface area contributed by atoms with E-state index < -0.39 is 36.0 Å². The Morgan fingerprint density at radius 2 is 1.69 bits per heavy atom. The van der Waals surface area contributed by atoms with Crippen LogP contribution in [0.4, 0.5) is 4.79 Å². The van der Waals surface area contributed by atoms with Crippen LogP contribution in [-0.4, -0.2) is 35.1 Å². The van der Waals surface area contributed by atoms with Crippen molar-refractivity contribution in [3.63, 3.8) is 0 Å². The summed E-state index contributed by atoms with van der Waals surface area (Å²) >= 11 is 1.35. The predicted octanol–water partition coefficient (Wildman–Crippen LogP) is 4.14. The molecule has 1 aromatic heterocycles. The lowest BCUT2D eigenvalue weighted by Gasteiger charge is -2.26. The molecule has 0 aliphatic heterocycles. The van der Waals surface area contributed by atoms with E-state index in [1.807, 2.05) is 72.8 Å². The summed E-state index contributed by atoms with van der Waals surface area (Å²) in [6.07, 6.45) is -0.838. The first-order chi connectivity index (χ1) is 17.4. The van der Waals surface area contributed by atoms with Gasteiger partial charge in [-0.3, -0.25) is 0 Å². The number of fused-ring (bicyclic) bond motifs is 1. The molecule has 0 aliphatic carbocycles. The van der Waals surface area contributed by atoms with Crippen molar-refractivity contribution in [2.45, 2.75) is 31.5 Å². The van der Waals surface area contributed by atoms with Crippen LogP contribution in [0.3, 0.4) is 0 Å². The first-order valence-electron chi connectivity index (χ1n) is 11.3. The molecule has 0 saturated heterocycles. The Labute approximate surface area is 212 Å². The van der Waals surface area contributed by atoms with Crippen LogP contribution in [0.25, 0.3) is 10.8 Å². The zero-order valence-electron chi connectivity index (χ0n) is 19.5. The molecule has 3 aromatic carbocycles. The summed E-state index contributed by atoms with van der Waals surface area (Å²) in [5, 5.41) is 6.22. The van der Waals surface area contributed by atoms with Gasteiger partial charge in [-0.2, -0.15) is 0 Å². The number of nitrogens with zero attached hydrogens (tertiary/aromatic N) is 1. The number of nitrogens with one attached hydrogen (secondary N) is 1. The predicted molar refractivity (Wildman–Crippen MR) is 136 cm³/mol. The average molecular weight is 504 g/mol. The van der Waals surface area contributed by atoms with E-state index in [2.05, 4.69) is 10.3 Å². The fraction of sp³-hybridized carbons (Fsp3) is 0.185. The highest BCUT2D eigenvalue weighted by Crippen LogP contribution is 2.34. The number of amides is 1. The Morgan fingerprint density at radius 3 is 2.42 bits per heavy atom. The summed E-state index contributed by atoms with van der Waals surface area (Å²) in [5.41, 5.74) is 9.29. The van der Waals surface area contributed by atoms with Gasteiger partial charge in [0.05, 0.1) is 17.1 Å². The lowest BCUT2D eigenvalue weighted by atomic mass is 9.85. The summed E-state index contributed by atoms with van der Waals surface area (Å²) < 4.78 is 10.4. The number of hydrogen-bond acceptors (Lipinski definition) is 8. The second-order valence-corrected chi connectivity index (χ2v) is 8.89. The number of carbonyl (C=O) groups is 3. The summed E-state index contributed by atoms with van der Waals surface area (Å²) in [7, 11) is 0. The Morgan fingerprint density at radius 1 is 0.972 bits per heavy atom. The molecule has 0 aliphatic rings. The molecule has 4 rings (SSSR count). The zero-order chi connectivity index (χ0) is 25.5. The highest BCUT2D eigenvalue weighted by molar-refractivity contribution is 7.07. The van der Waals surface area contributed by atoms with Gasteiger partial charge in [0, 0.05) is 5.38 Å². The molecule has 3 atom stereocenters. The normalized spacial score (nSPS) is 13.4. The van der Waals surface area contributed by atoms with Crippen LogP contribution in [0.1, 0.15) is 29.7 Å². The Bertz CT molecular complexity index is 1340. The van der Waals surface area contributed by atoms with Gasteiger partial charge in [0.25, 0.3) is 0 Å². The van der Waals surface area contributed by atoms with Crippen LogP contribution < -0.4 is 11.1 Å². The van der Waals surface area contributed by atoms with Crippen molar-refractivity contribution in [3.8, 4) is 0 Å². The van der Waals surface area contributed by atoms with Crippen molar-refractivity contribution in [1.29, 1.82) is 0 Å². The zero-order valence-corrected chi connectivity index (χ0v) is 20.3. The summed E-state index contributed by atoms with van der Waals surface area (Å²) in [6.45, 7) is 1.41. The number of rotatable bonds is 8. The molecule has 0 bridgehead atoms. The number of esters is 2. The van der Waals surface area contributed by atoms with E-state index in [-0.39, 0.29) is 6.61 Å². The minimum atomic E-state index is -1.32. The lowest BCUT2D eigenvalue weighted by molar-refractivity contribution is -0.162. The number of aromatic nitrogens is 1. The van der Waals surface area contributed by atoms with Crippen LogP contribution in [-0.2, 0) is 25.7 Å². The summed E-state index contributed by atoms with van der Waals surface area (Å²) in [4.78, 5) is 42.8. The largest absolute Gasteiger partial charge is 0.445 e. The topological polar surface area (TPSA) is 121 Å². The molecule has 0 radical (unpaired) electrons. The van der Waals surface area contributed by atoms with Gasteiger partial charge in [0.1, 0.15) is 18.7 Å². The molecule has 3 N–H and O–H groups in total. The second kappa shape index (κ2) is 11.6. The van der Waals surface area contributed by atoms with E-state index in [4.69, 9.17) is 15.2 Å². The van der Waals surface area contributed by atoms with Crippen molar-refractivity contribution in [1.82, 2.24) is 10.3 Å². The third-order valence-electron chi connectivity index (χ3n) is 5.57. The lowest BCUT2D eigenvalue weighted by Crippen LogP contribution is -2.48. The van der Waals surface area contributed by atoms with Crippen molar-refractivity contribution in [3.05, 3.63) is 101 Å². The molecule has 0 fully saturated rings. The van der Waals surface area contributed by atoms with Gasteiger partial charge in [-0.05, 0) is 28.8 Å². The van der Waals surface area contributed by atoms with Crippen molar-refractivity contribution in [2.24, 2.45) is 5.73 Å². The van der Waals surface area contributed by atoms with Gasteiger partial charge in [0.2, 0.25) is 0 Å². The van der Waals surface area contributed by atoms with E-state index in [9.17, 15) is 14.4 Å². The molecular weight excluding hydrogens is 478 g/mol. The number of nitrogens with two attached hydrogens (primary N) is 1. The Kier molecular flexibility index (Phi) is 8.04. The molecule has 0 spiro atoms. The third-order valence-corrected chi connectivity index (χ3v) is 6.18. The van der Waals surface area contributed by atoms with Gasteiger partial charge in [-0.1, -0.05) is 72.8 Å². The van der Waals surface area contributed by atoms with E-state index in [0.29, 0.717) is 5.69 Å². The minimum absolute atomic E-state index is 0.00282. The van der Waals surface area contributed by atoms with Crippen LogP contribution in [0.15, 0.2) is 83.7 Å². The number of carbonyl (C=O) groups excluding carboxylic acids is 3. The summed E-state index contributed by atoms with van der Waals surface area (Å²) in [5.74, 6) is -2.63. The Balaban J connectivity index is 1.71. The van der Waals surface area contributed by atoms with Gasteiger partial charge >= 0.3 is 18.0 Å². The van der Waals surface area contributed by atoms with Crippen molar-refractivity contribution < 1.29 is 23.9 Å². The van der Waals surface area contributed by atoms with Crippen LogP contribution in [0.2, 0.25) is 0 Å². The fourth-order valence-electron chi connectivity index (χ4n) is 3.83. The highest BCUT2D eigenvalue weighted by atomic mass is 32.1. The molecule has 36 heavy (non-hydrogen) atoms. The molecule has 184 valence electrons. The monoisotopic (exact) mass is 503 g/mol. The molecule has 1 amide bonds. The van der Waals surface area contributed by atoms with Gasteiger partial charge in [-0.15, -0.1) is 11.3 Å². The molecule has 9 heteroatoms. The van der Waals surface area contributed by atoms with Gasteiger partial charge in [-0.25, -0.2) is 19.4 Å². The third kappa shape index (κ3) is 5.94. The highest BCUT2D eigenvalue weighted by Gasteiger charge is 2.37. The molecule has 0 saturated carbocycles. The molecule has 1 heterocycles. The maximum Gasteiger partial charge on any atom is 0.408 e. The average Bonchev–Trinajstić information content (AvgIpc) is 3.42. The number of hydrogen-bond donors (Lipinski definition) is 2. The smallest absolute Gasteiger partial charge is 0.408 e. The number of benzene rings is 3. The first-order valence-corrected chi connectivity index (χ1v) is 12.2. The molecule has 8 nitrogen and oxygen atoms in total. The molecule has 4 aromatic rings. The van der Waals surface area contributed by atoms with Crippen LogP contribution in [0, 0.1) is 0 Å². The van der Waals surface area contributed by atoms with Crippen LogP contribution in [0.5, 0.6) is 0 Å². The second-order valence-electron chi connectivity index (χ2n) is 8.17. The van der Waals surface area contributed by atoms with E-state index in [0.717, 1.165) is 21.9 Å². The quantitative estimate of drug-likeness (QED) is 0.274. The Hall–Kier alpha value is -4.08. The molecule has 2 unspecified atom stereocenters. The van der Waals surface area contributed by atoms with Gasteiger partial charge < -0.3 is 20.5 Å². The molecular formula is C27H25N3O5S. The van der Waals surface area contributed by atoms with Crippen molar-refractivity contribution in [2.75, 3.05) is 0 Å². The van der Waals surface area contributed by atoms with Gasteiger partial charge in [0.15, 0.2) is 0 Å². The van der Waals surface area contributed by atoms with E-state index in [1.165, 1.54) is 18.3 Å². The van der Waals surface area contributed by atoms with E-state index in [1.54, 1.807) is 10.9 Å². The first kappa shape index (κ1) is 25.0. The van der Waals surface area contributed by atoms with E-state index >= 15 is 0 Å². The van der Waals surface area contributed by atoms with Crippen molar-refractivity contribution >= 4 is 40.1 Å². The summed E-state index contributed by atoms with van der Waals surface area (Å²) in [6, 6.07) is 20.1. The minimum Gasteiger partial charge on any atom is -0.445 e. The maximum absolute atomic E-state index is 13.3.